The molecule has 5 nitrogen and oxygen atoms in total. The number of hydrogen-bond donors (Lipinski definition) is 2. The Balaban J connectivity index is 1.83. The maximum Gasteiger partial charge on any atom is 0.155 e. The molecule has 4 aromatic heterocycles. The first kappa shape index (κ1) is 13.9. The normalized spacial score (nSPS) is 11.4. The van der Waals surface area contributed by atoms with Crippen LogP contribution in [0.3, 0.4) is 0 Å². The molecule has 1 aromatic carbocycles. The summed E-state index contributed by atoms with van der Waals surface area (Å²) in [5.41, 5.74) is 5.06. The molecule has 5 rings (SSSR count). The average molecular weight is 325 g/mol. The maximum atomic E-state index is 4.79. The van der Waals surface area contributed by atoms with Gasteiger partial charge in [0.2, 0.25) is 0 Å². The summed E-state index contributed by atoms with van der Waals surface area (Å²) in [5.74, 6) is 0.788. The number of fused-ring (bicyclic) bond motifs is 5. The van der Waals surface area contributed by atoms with Gasteiger partial charge in [-0.2, -0.15) is 0 Å². The van der Waals surface area contributed by atoms with Gasteiger partial charge in [0.25, 0.3) is 0 Å². The number of H-pyrrole nitrogens is 1. The van der Waals surface area contributed by atoms with Crippen molar-refractivity contribution in [1.29, 1.82) is 0 Å². The molecule has 0 saturated carbocycles. The first-order valence-electron chi connectivity index (χ1n) is 8.12. The lowest BCUT2D eigenvalue weighted by Gasteiger charge is -2.09. The summed E-state index contributed by atoms with van der Waals surface area (Å²) in [6, 6.07) is 12.3. The number of nitrogens with zero attached hydrogens (tertiary/aromatic N) is 3. The standard InChI is InChI=1S/C20H15N5/c1-12-2-4-13(5-3-12)23-20-19-18(14-6-8-21-10-16(14)24-19)15-7-9-22-11-17(15)25-20/h2-11,24H,1H3,(H,23,25). The Hall–Kier alpha value is -3.47. The monoisotopic (exact) mass is 325 g/mol. The summed E-state index contributed by atoms with van der Waals surface area (Å²) in [5, 5.41) is 6.79. The van der Waals surface area contributed by atoms with Crippen LogP contribution in [-0.2, 0) is 0 Å². The molecular weight excluding hydrogens is 310 g/mol. The molecule has 0 aliphatic carbocycles. The Kier molecular flexibility index (Phi) is 2.94. The number of rotatable bonds is 2. The van der Waals surface area contributed by atoms with Crippen LogP contribution in [0.5, 0.6) is 0 Å². The molecule has 5 aromatic rings. The van der Waals surface area contributed by atoms with E-state index in [2.05, 4.69) is 51.5 Å². The van der Waals surface area contributed by atoms with Crippen LogP contribution in [0.1, 0.15) is 5.56 Å². The first-order chi connectivity index (χ1) is 12.3. The largest absolute Gasteiger partial charge is 0.350 e. The highest BCUT2D eigenvalue weighted by Crippen LogP contribution is 2.35. The van der Waals surface area contributed by atoms with Crippen molar-refractivity contribution < 1.29 is 0 Å². The predicted molar refractivity (Wildman–Crippen MR) is 101 cm³/mol. The van der Waals surface area contributed by atoms with Crippen molar-refractivity contribution >= 4 is 44.2 Å². The molecule has 0 fully saturated rings. The molecule has 0 saturated heterocycles. The van der Waals surface area contributed by atoms with Crippen molar-refractivity contribution in [2.75, 3.05) is 5.32 Å². The number of aromatic amines is 1. The third-order valence-electron chi connectivity index (χ3n) is 4.45. The van der Waals surface area contributed by atoms with E-state index >= 15 is 0 Å². The van der Waals surface area contributed by atoms with Gasteiger partial charge in [0, 0.05) is 34.2 Å². The molecule has 0 spiro atoms. The van der Waals surface area contributed by atoms with Crippen LogP contribution in [0, 0.1) is 6.92 Å². The molecule has 0 atom stereocenters. The van der Waals surface area contributed by atoms with E-state index in [9.17, 15) is 0 Å². The number of pyridine rings is 3. The van der Waals surface area contributed by atoms with E-state index < -0.39 is 0 Å². The predicted octanol–water partition coefficient (Wildman–Crippen LogP) is 4.71. The van der Waals surface area contributed by atoms with E-state index in [0.717, 1.165) is 44.2 Å². The minimum atomic E-state index is 0.788. The Morgan fingerprint density at radius 3 is 2.48 bits per heavy atom. The molecule has 0 aliphatic heterocycles. The second-order valence-electron chi connectivity index (χ2n) is 6.14. The van der Waals surface area contributed by atoms with Crippen molar-refractivity contribution in [2.45, 2.75) is 6.92 Å². The summed E-state index contributed by atoms with van der Waals surface area (Å²) in [6.07, 6.45) is 7.26. The zero-order chi connectivity index (χ0) is 16.8. The van der Waals surface area contributed by atoms with Crippen LogP contribution in [0.25, 0.3) is 32.7 Å². The SMILES string of the molecule is Cc1ccc(Nc2nc3cnccc3c3c2[nH]c2cnccc23)cc1. The Morgan fingerprint density at radius 2 is 1.64 bits per heavy atom. The van der Waals surface area contributed by atoms with Gasteiger partial charge >= 0.3 is 0 Å². The van der Waals surface area contributed by atoms with Crippen LogP contribution < -0.4 is 5.32 Å². The zero-order valence-electron chi connectivity index (χ0n) is 13.6. The van der Waals surface area contributed by atoms with Crippen molar-refractivity contribution in [3.63, 3.8) is 0 Å². The molecule has 4 heterocycles. The van der Waals surface area contributed by atoms with Gasteiger partial charge < -0.3 is 10.3 Å². The fourth-order valence-electron chi connectivity index (χ4n) is 3.23. The molecule has 0 amide bonds. The number of benzene rings is 1. The van der Waals surface area contributed by atoms with Crippen LogP contribution in [0.4, 0.5) is 11.5 Å². The highest BCUT2D eigenvalue weighted by atomic mass is 15.0. The smallest absolute Gasteiger partial charge is 0.155 e. The summed E-state index contributed by atoms with van der Waals surface area (Å²) >= 11 is 0. The molecule has 25 heavy (non-hydrogen) atoms. The highest BCUT2D eigenvalue weighted by Gasteiger charge is 2.14. The Morgan fingerprint density at radius 1 is 0.880 bits per heavy atom. The van der Waals surface area contributed by atoms with E-state index in [1.807, 2.05) is 24.5 Å². The third kappa shape index (κ3) is 2.21. The maximum absolute atomic E-state index is 4.79. The van der Waals surface area contributed by atoms with E-state index in [0.29, 0.717) is 0 Å². The minimum absolute atomic E-state index is 0.788. The number of anilines is 2. The van der Waals surface area contributed by atoms with E-state index in [1.54, 1.807) is 12.4 Å². The lowest BCUT2D eigenvalue weighted by molar-refractivity contribution is 1.31. The van der Waals surface area contributed by atoms with E-state index in [4.69, 9.17) is 4.98 Å². The first-order valence-corrected chi connectivity index (χ1v) is 8.12. The Bertz CT molecular complexity index is 1220. The van der Waals surface area contributed by atoms with Gasteiger partial charge in [-0.3, -0.25) is 9.97 Å². The Labute approximate surface area is 143 Å². The summed E-state index contributed by atoms with van der Waals surface area (Å²) in [7, 11) is 0. The highest BCUT2D eigenvalue weighted by molar-refractivity contribution is 6.21. The number of aryl methyl sites for hydroxylation is 1. The van der Waals surface area contributed by atoms with E-state index in [1.165, 1.54) is 5.56 Å². The van der Waals surface area contributed by atoms with Crippen LogP contribution >= 0.6 is 0 Å². The molecule has 0 unspecified atom stereocenters. The second kappa shape index (κ2) is 5.27. The van der Waals surface area contributed by atoms with Crippen LogP contribution in [0.15, 0.2) is 61.2 Å². The molecule has 0 aliphatic rings. The van der Waals surface area contributed by atoms with Crippen molar-refractivity contribution in [3.8, 4) is 0 Å². The van der Waals surface area contributed by atoms with Crippen molar-refractivity contribution in [3.05, 3.63) is 66.7 Å². The zero-order valence-corrected chi connectivity index (χ0v) is 13.6. The number of hydrogen-bond acceptors (Lipinski definition) is 4. The number of nitrogens with one attached hydrogen (secondary N) is 2. The molecule has 120 valence electrons. The summed E-state index contributed by atoms with van der Waals surface area (Å²) < 4.78 is 0. The molecule has 2 N–H and O–H groups in total. The molecule has 0 radical (unpaired) electrons. The summed E-state index contributed by atoms with van der Waals surface area (Å²) in [4.78, 5) is 16.7. The van der Waals surface area contributed by atoms with Gasteiger partial charge in [-0.05, 0) is 31.2 Å². The van der Waals surface area contributed by atoms with Crippen LogP contribution in [0.2, 0.25) is 0 Å². The van der Waals surface area contributed by atoms with Crippen molar-refractivity contribution in [2.24, 2.45) is 0 Å². The fourth-order valence-corrected chi connectivity index (χ4v) is 3.23. The minimum Gasteiger partial charge on any atom is -0.350 e. The lowest BCUT2D eigenvalue weighted by atomic mass is 10.1. The molecule has 5 heteroatoms. The van der Waals surface area contributed by atoms with Crippen LogP contribution in [-0.4, -0.2) is 19.9 Å². The molecule has 0 bridgehead atoms. The van der Waals surface area contributed by atoms with Gasteiger partial charge in [-0.15, -0.1) is 0 Å². The van der Waals surface area contributed by atoms with Gasteiger partial charge in [0.1, 0.15) is 0 Å². The van der Waals surface area contributed by atoms with Gasteiger partial charge in [0.15, 0.2) is 5.82 Å². The average Bonchev–Trinajstić information content (AvgIpc) is 3.04. The second-order valence-corrected chi connectivity index (χ2v) is 6.14. The fraction of sp³-hybridized carbons (Fsp3) is 0.0500. The third-order valence-corrected chi connectivity index (χ3v) is 4.45. The summed E-state index contributed by atoms with van der Waals surface area (Å²) in [6.45, 7) is 2.08. The van der Waals surface area contributed by atoms with Gasteiger partial charge in [-0.1, -0.05) is 17.7 Å². The lowest BCUT2D eigenvalue weighted by Crippen LogP contribution is -1.96. The van der Waals surface area contributed by atoms with Gasteiger partial charge in [0.05, 0.1) is 28.9 Å². The van der Waals surface area contributed by atoms with Crippen molar-refractivity contribution in [1.82, 2.24) is 19.9 Å². The number of aromatic nitrogens is 4. The quantitative estimate of drug-likeness (QED) is 0.493. The van der Waals surface area contributed by atoms with Gasteiger partial charge in [-0.25, -0.2) is 4.98 Å². The topological polar surface area (TPSA) is 66.5 Å². The molecular formula is C20H15N5. The van der Waals surface area contributed by atoms with E-state index in [-0.39, 0.29) is 0 Å².